The zero-order chi connectivity index (χ0) is 15.4. The molecule has 4 nitrogen and oxygen atoms in total. The molecule has 0 aliphatic rings. The van der Waals surface area contributed by atoms with E-state index in [1.807, 2.05) is 0 Å². The van der Waals surface area contributed by atoms with Gasteiger partial charge >= 0.3 is 5.97 Å². The highest BCUT2D eigenvalue weighted by Gasteiger charge is 2.10. The Balaban J connectivity index is 2.12. The van der Waals surface area contributed by atoms with Gasteiger partial charge in [0.15, 0.2) is 0 Å². The van der Waals surface area contributed by atoms with E-state index in [1.54, 1.807) is 12.1 Å². The molecule has 0 atom stereocenters. The second-order valence-corrected chi connectivity index (χ2v) is 5.01. The largest absolute Gasteiger partial charge is 0.465 e. The summed E-state index contributed by atoms with van der Waals surface area (Å²) in [6, 6.07) is 10.3. The van der Waals surface area contributed by atoms with Gasteiger partial charge in [0.25, 0.3) is 5.91 Å². The quantitative estimate of drug-likeness (QED) is 0.859. The Hall–Kier alpha value is -2.21. The first kappa shape index (κ1) is 15.2. The monoisotopic (exact) mass is 351 g/mol. The Morgan fingerprint density at radius 2 is 1.71 bits per heavy atom. The van der Waals surface area contributed by atoms with E-state index in [9.17, 15) is 14.0 Å². The van der Waals surface area contributed by atoms with Crippen molar-refractivity contribution in [3.63, 3.8) is 0 Å². The molecule has 2 aromatic carbocycles. The normalized spacial score (nSPS) is 10.0. The average molecular weight is 352 g/mol. The summed E-state index contributed by atoms with van der Waals surface area (Å²) >= 11 is 3.02. The van der Waals surface area contributed by atoms with Gasteiger partial charge in [-0.1, -0.05) is 0 Å². The Labute approximate surface area is 129 Å². The molecule has 1 N–H and O–H groups in total. The van der Waals surface area contributed by atoms with Crippen LogP contribution >= 0.6 is 15.9 Å². The number of amides is 1. The molecule has 2 aromatic rings. The molecular weight excluding hydrogens is 341 g/mol. The smallest absolute Gasteiger partial charge is 0.337 e. The summed E-state index contributed by atoms with van der Waals surface area (Å²) in [6.07, 6.45) is 0. The first-order valence-corrected chi connectivity index (χ1v) is 6.75. The minimum atomic E-state index is -0.510. The molecule has 0 heterocycles. The number of anilines is 1. The van der Waals surface area contributed by atoms with E-state index in [2.05, 4.69) is 26.0 Å². The summed E-state index contributed by atoms with van der Waals surface area (Å²) in [5.74, 6) is -1.40. The molecule has 0 bridgehead atoms. The van der Waals surface area contributed by atoms with E-state index in [0.717, 1.165) is 6.07 Å². The molecule has 0 aromatic heterocycles. The van der Waals surface area contributed by atoms with Crippen LogP contribution in [0.2, 0.25) is 0 Å². The molecule has 6 heteroatoms. The first-order valence-electron chi connectivity index (χ1n) is 5.96. The van der Waals surface area contributed by atoms with Gasteiger partial charge in [0.2, 0.25) is 0 Å². The standard InChI is InChI=1S/C15H11BrFNO3/c1-21-15(20)9-2-5-11(6-3-9)18-14(19)10-4-7-12(16)13(17)8-10/h2-8H,1H3,(H,18,19). The highest BCUT2D eigenvalue weighted by Crippen LogP contribution is 2.18. The molecule has 0 saturated carbocycles. The summed E-state index contributed by atoms with van der Waals surface area (Å²) in [7, 11) is 1.29. The van der Waals surface area contributed by atoms with Crippen LogP contribution in [0.15, 0.2) is 46.9 Å². The third-order valence-corrected chi connectivity index (χ3v) is 3.39. The number of carbonyl (C=O) groups excluding carboxylic acids is 2. The van der Waals surface area contributed by atoms with Crippen molar-refractivity contribution < 1.29 is 18.7 Å². The SMILES string of the molecule is COC(=O)c1ccc(NC(=O)c2ccc(Br)c(F)c2)cc1. The highest BCUT2D eigenvalue weighted by atomic mass is 79.9. The van der Waals surface area contributed by atoms with E-state index < -0.39 is 17.7 Å². The third kappa shape index (κ3) is 3.66. The number of ether oxygens (including phenoxy) is 1. The number of benzene rings is 2. The van der Waals surface area contributed by atoms with E-state index in [1.165, 1.54) is 31.4 Å². The molecule has 0 unspecified atom stereocenters. The molecule has 0 fully saturated rings. The van der Waals surface area contributed by atoms with Gasteiger partial charge in [0.05, 0.1) is 17.1 Å². The topological polar surface area (TPSA) is 55.4 Å². The van der Waals surface area contributed by atoms with Crippen molar-refractivity contribution in [1.29, 1.82) is 0 Å². The van der Waals surface area contributed by atoms with Crippen LogP contribution < -0.4 is 5.32 Å². The number of halogens is 2. The summed E-state index contributed by atoms with van der Waals surface area (Å²) in [4.78, 5) is 23.2. The van der Waals surface area contributed by atoms with Gasteiger partial charge in [-0.3, -0.25) is 4.79 Å². The van der Waals surface area contributed by atoms with Crippen LogP contribution in [0, 0.1) is 5.82 Å². The maximum Gasteiger partial charge on any atom is 0.337 e. The van der Waals surface area contributed by atoms with Crippen molar-refractivity contribution >= 4 is 33.5 Å². The molecular formula is C15H11BrFNO3. The van der Waals surface area contributed by atoms with E-state index in [0.29, 0.717) is 15.7 Å². The number of rotatable bonds is 3. The van der Waals surface area contributed by atoms with Crippen molar-refractivity contribution in [3.05, 3.63) is 63.9 Å². The molecule has 0 aliphatic heterocycles. The lowest BCUT2D eigenvalue weighted by atomic mass is 10.2. The van der Waals surface area contributed by atoms with Crippen molar-refractivity contribution in [2.75, 3.05) is 12.4 Å². The number of carbonyl (C=O) groups is 2. The lowest BCUT2D eigenvalue weighted by molar-refractivity contribution is 0.0600. The summed E-state index contributed by atoms with van der Waals surface area (Å²) in [5, 5.41) is 2.62. The zero-order valence-corrected chi connectivity index (χ0v) is 12.6. The molecule has 0 saturated heterocycles. The predicted octanol–water partition coefficient (Wildman–Crippen LogP) is 3.63. The maximum atomic E-state index is 13.4. The van der Waals surface area contributed by atoms with Gasteiger partial charge in [0.1, 0.15) is 5.82 Å². The maximum absolute atomic E-state index is 13.4. The number of nitrogens with one attached hydrogen (secondary N) is 1. The van der Waals surface area contributed by atoms with E-state index in [4.69, 9.17) is 0 Å². The van der Waals surface area contributed by atoms with Crippen molar-refractivity contribution in [2.45, 2.75) is 0 Å². The van der Waals surface area contributed by atoms with Gasteiger partial charge in [-0.05, 0) is 58.4 Å². The predicted molar refractivity (Wildman–Crippen MR) is 79.8 cm³/mol. The second-order valence-electron chi connectivity index (χ2n) is 4.15. The van der Waals surface area contributed by atoms with Crippen LogP contribution in [0.25, 0.3) is 0 Å². The van der Waals surface area contributed by atoms with Crippen LogP contribution in [0.3, 0.4) is 0 Å². The fourth-order valence-corrected chi connectivity index (χ4v) is 1.89. The van der Waals surface area contributed by atoms with Crippen molar-refractivity contribution in [2.24, 2.45) is 0 Å². The second kappa shape index (κ2) is 6.49. The van der Waals surface area contributed by atoms with Crippen LogP contribution in [-0.4, -0.2) is 19.0 Å². The highest BCUT2D eigenvalue weighted by molar-refractivity contribution is 9.10. The fourth-order valence-electron chi connectivity index (χ4n) is 1.65. The molecule has 1 amide bonds. The average Bonchev–Trinajstić information content (AvgIpc) is 2.50. The number of hydrogen-bond donors (Lipinski definition) is 1. The molecule has 2 rings (SSSR count). The van der Waals surface area contributed by atoms with E-state index >= 15 is 0 Å². The molecule has 0 spiro atoms. The summed E-state index contributed by atoms with van der Waals surface area (Å²) < 4.78 is 18.3. The number of methoxy groups -OCH3 is 1. The Kier molecular flexibility index (Phi) is 4.70. The minimum Gasteiger partial charge on any atom is -0.465 e. The van der Waals surface area contributed by atoms with Crippen LogP contribution in [0.5, 0.6) is 0 Å². The van der Waals surface area contributed by atoms with Crippen LogP contribution in [0.4, 0.5) is 10.1 Å². The molecule has 21 heavy (non-hydrogen) atoms. The summed E-state index contributed by atoms with van der Waals surface area (Å²) in [5.41, 5.74) is 1.08. The van der Waals surface area contributed by atoms with Gasteiger partial charge < -0.3 is 10.1 Å². The Morgan fingerprint density at radius 3 is 2.29 bits per heavy atom. The lowest BCUT2D eigenvalue weighted by Gasteiger charge is -2.06. The van der Waals surface area contributed by atoms with Crippen LogP contribution in [0.1, 0.15) is 20.7 Å². The van der Waals surface area contributed by atoms with Crippen molar-refractivity contribution in [3.8, 4) is 0 Å². The lowest BCUT2D eigenvalue weighted by Crippen LogP contribution is -2.12. The molecule has 108 valence electrons. The summed E-state index contributed by atoms with van der Waals surface area (Å²) in [6.45, 7) is 0. The Morgan fingerprint density at radius 1 is 1.10 bits per heavy atom. The first-order chi connectivity index (χ1) is 10.0. The van der Waals surface area contributed by atoms with Gasteiger partial charge in [-0.2, -0.15) is 0 Å². The van der Waals surface area contributed by atoms with Crippen molar-refractivity contribution in [1.82, 2.24) is 0 Å². The van der Waals surface area contributed by atoms with Crippen LogP contribution in [-0.2, 0) is 4.74 Å². The van der Waals surface area contributed by atoms with Gasteiger partial charge in [-0.25, -0.2) is 9.18 Å². The number of esters is 1. The molecule has 0 aliphatic carbocycles. The van der Waals surface area contributed by atoms with Gasteiger partial charge in [0, 0.05) is 11.3 Å². The zero-order valence-electron chi connectivity index (χ0n) is 11.0. The van der Waals surface area contributed by atoms with Gasteiger partial charge in [-0.15, -0.1) is 0 Å². The third-order valence-electron chi connectivity index (χ3n) is 2.75. The minimum absolute atomic E-state index is 0.202. The van der Waals surface area contributed by atoms with E-state index in [-0.39, 0.29) is 5.56 Å². The fraction of sp³-hybridized carbons (Fsp3) is 0.0667. The number of hydrogen-bond acceptors (Lipinski definition) is 3. The molecule has 0 radical (unpaired) electrons. The Bertz CT molecular complexity index is 686.